The topological polar surface area (TPSA) is 81.7 Å². The maximum atomic E-state index is 13.1. The minimum Gasteiger partial charge on any atom is -0.593 e. The molecule has 30 heavy (non-hydrogen) atoms. The molecule has 2 aliphatic heterocycles. The van der Waals surface area contributed by atoms with Crippen LogP contribution < -0.4 is 10.1 Å². The van der Waals surface area contributed by atoms with Gasteiger partial charge < -0.3 is 14.6 Å². The predicted molar refractivity (Wildman–Crippen MR) is 101 cm³/mol. The lowest BCUT2D eigenvalue weighted by Gasteiger charge is -2.42. The molecule has 1 N–H and O–H groups in total. The third-order valence-electron chi connectivity index (χ3n) is 5.36. The molecule has 2 aromatic rings. The molecule has 0 aromatic heterocycles. The van der Waals surface area contributed by atoms with Gasteiger partial charge >= 0.3 is 6.18 Å². The van der Waals surface area contributed by atoms with Crippen LogP contribution >= 0.6 is 0 Å². The summed E-state index contributed by atoms with van der Waals surface area (Å²) >= 11 is 0. The maximum absolute atomic E-state index is 13.1. The SMILES string of the molecule is O=C1NC2(CCCN([S+](=O)([O-])c3cccc(C(F)(F)F)c3)C2)COc2ccccc21. The summed E-state index contributed by atoms with van der Waals surface area (Å²) in [6.45, 7) is 0.110. The Balaban J connectivity index is 1.61. The zero-order valence-corrected chi connectivity index (χ0v) is 16.6. The van der Waals surface area contributed by atoms with Crippen molar-refractivity contribution in [2.45, 2.75) is 29.5 Å². The van der Waals surface area contributed by atoms with Gasteiger partial charge in [0.05, 0.1) is 23.2 Å². The molecule has 1 fully saturated rings. The van der Waals surface area contributed by atoms with E-state index < -0.39 is 32.6 Å². The Morgan fingerprint density at radius 1 is 1.17 bits per heavy atom. The molecule has 2 aliphatic rings. The van der Waals surface area contributed by atoms with Crippen molar-refractivity contribution in [2.75, 3.05) is 19.7 Å². The molecule has 2 heterocycles. The van der Waals surface area contributed by atoms with Crippen LogP contribution in [0.4, 0.5) is 13.2 Å². The van der Waals surface area contributed by atoms with E-state index in [0.29, 0.717) is 30.2 Å². The van der Waals surface area contributed by atoms with E-state index in [1.54, 1.807) is 24.3 Å². The molecule has 2 atom stereocenters. The maximum Gasteiger partial charge on any atom is 0.416 e. The average Bonchev–Trinajstić information content (AvgIpc) is 2.84. The molecular weight excluding hydrogens is 421 g/mol. The number of fused-ring (bicyclic) bond motifs is 1. The van der Waals surface area contributed by atoms with Gasteiger partial charge in [0.1, 0.15) is 12.4 Å². The van der Waals surface area contributed by atoms with Crippen molar-refractivity contribution >= 4 is 16.3 Å². The zero-order valence-electron chi connectivity index (χ0n) is 15.8. The number of amides is 1. The second kappa shape index (κ2) is 7.36. The summed E-state index contributed by atoms with van der Waals surface area (Å²) in [5, 5.41) is 2.89. The van der Waals surface area contributed by atoms with Crippen LogP contribution in [0.3, 0.4) is 0 Å². The van der Waals surface area contributed by atoms with Crippen LogP contribution in [0.15, 0.2) is 53.4 Å². The van der Waals surface area contributed by atoms with Gasteiger partial charge in [-0.2, -0.15) is 13.2 Å². The van der Waals surface area contributed by atoms with Gasteiger partial charge in [-0.1, -0.05) is 22.4 Å². The van der Waals surface area contributed by atoms with Crippen LogP contribution in [0.25, 0.3) is 0 Å². The van der Waals surface area contributed by atoms with E-state index in [1.165, 1.54) is 0 Å². The normalized spacial score (nSPS) is 24.3. The van der Waals surface area contributed by atoms with Gasteiger partial charge in [0, 0.05) is 12.6 Å². The highest BCUT2D eigenvalue weighted by Gasteiger charge is 2.46. The van der Waals surface area contributed by atoms with E-state index in [2.05, 4.69) is 5.32 Å². The number of nitrogens with zero attached hydrogens (tertiary/aromatic N) is 1. The van der Waals surface area contributed by atoms with Gasteiger partial charge in [-0.3, -0.25) is 4.79 Å². The smallest absolute Gasteiger partial charge is 0.416 e. The Hall–Kier alpha value is -2.43. The Morgan fingerprint density at radius 3 is 2.70 bits per heavy atom. The summed E-state index contributed by atoms with van der Waals surface area (Å²) in [7, 11) is -4.19. The fraction of sp³-hybridized carbons (Fsp3) is 0.350. The largest absolute Gasteiger partial charge is 0.593 e. The number of hydrogen-bond acceptors (Lipinski definition) is 4. The van der Waals surface area contributed by atoms with Gasteiger partial charge in [0.15, 0.2) is 15.3 Å². The second-order valence-electron chi connectivity index (χ2n) is 7.49. The Bertz CT molecular complexity index is 1030. The molecule has 0 aliphatic carbocycles. The highest BCUT2D eigenvalue weighted by molar-refractivity contribution is 7.95. The van der Waals surface area contributed by atoms with E-state index >= 15 is 0 Å². The van der Waals surface area contributed by atoms with Crippen molar-refractivity contribution in [3.63, 3.8) is 0 Å². The lowest BCUT2D eigenvalue weighted by Crippen LogP contribution is -2.62. The van der Waals surface area contributed by atoms with Crippen molar-refractivity contribution in [2.24, 2.45) is 0 Å². The van der Waals surface area contributed by atoms with Crippen molar-refractivity contribution in [3.8, 4) is 5.75 Å². The van der Waals surface area contributed by atoms with Crippen LogP contribution in [0, 0.1) is 0 Å². The average molecular weight is 440 g/mol. The number of carbonyl (C=O) groups is 1. The molecule has 6 nitrogen and oxygen atoms in total. The molecule has 0 saturated carbocycles. The van der Waals surface area contributed by atoms with Crippen LogP contribution in [0.1, 0.15) is 28.8 Å². The number of rotatable bonds is 2. The first-order valence-corrected chi connectivity index (χ1v) is 10.8. The predicted octanol–water partition coefficient (Wildman–Crippen LogP) is 3.27. The lowest BCUT2D eigenvalue weighted by atomic mass is 9.91. The molecule has 160 valence electrons. The summed E-state index contributed by atoms with van der Waals surface area (Å²) in [5.41, 5.74) is -1.65. The third kappa shape index (κ3) is 3.82. The minimum atomic E-state index is -4.65. The summed E-state index contributed by atoms with van der Waals surface area (Å²) in [4.78, 5) is 12.2. The van der Waals surface area contributed by atoms with Crippen LogP contribution in [0.2, 0.25) is 0 Å². The monoisotopic (exact) mass is 440 g/mol. The fourth-order valence-corrected chi connectivity index (χ4v) is 5.45. The summed E-state index contributed by atoms with van der Waals surface area (Å²) < 4.78 is 72.2. The molecule has 1 spiro atoms. The van der Waals surface area contributed by atoms with Gasteiger partial charge in [-0.15, -0.1) is 4.31 Å². The van der Waals surface area contributed by atoms with E-state index in [1.807, 2.05) is 0 Å². The van der Waals surface area contributed by atoms with E-state index in [9.17, 15) is 26.7 Å². The van der Waals surface area contributed by atoms with Crippen LogP contribution in [-0.4, -0.2) is 40.0 Å². The summed E-state index contributed by atoms with van der Waals surface area (Å²) in [6.07, 6.45) is -3.73. The molecule has 1 amide bonds. The number of ether oxygens (including phenoxy) is 1. The molecule has 4 rings (SSSR count). The first kappa shape index (κ1) is 20.8. The summed E-state index contributed by atoms with van der Waals surface area (Å²) in [6, 6.07) is 10.4. The van der Waals surface area contributed by atoms with Crippen molar-refractivity contribution in [3.05, 3.63) is 59.7 Å². The molecule has 10 heteroatoms. The Kier molecular flexibility index (Phi) is 5.11. The molecule has 2 unspecified atom stereocenters. The first-order valence-electron chi connectivity index (χ1n) is 9.33. The first-order chi connectivity index (χ1) is 14.1. The number of carbonyl (C=O) groups excluding carboxylic acids is 1. The number of benzene rings is 2. The lowest BCUT2D eigenvalue weighted by molar-refractivity contribution is -0.137. The van der Waals surface area contributed by atoms with Crippen molar-refractivity contribution < 1.29 is 31.5 Å². The molecule has 2 aromatic carbocycles. The number of hydrogen-bond donors (Lipinski definition) is 1. The summed E-state index contributed by atoms with van der Waals surface area (Å²) in [5.74, 6) is 0.0335. The number of para-hydroxylation sites is 1. The van der Waals surface area contributed by atoms with Crippen molar-refractivity contribution in [1.29, 1.82) is 0 Å². The highest BCUT2D eigenvalue weighted by atomic mass is 32.3. The van der Waals surface area contributed by atoms with Gasteiger partial charge in [0.2, 0.25) is 0 Å². The Morgan fingerprint density at radius 2 is 1.93 bits per heavy atom. The zero-order chi connectivity index (χ0) is 21.6. The minimum absolute atomic E-state index is 0.0599. The molecule has 0 radical (unpaired) electrons. The van der Waals surface area contributed by atoms with Crippen LogP contribution in [-0.2, 0) is 20.8 Å². The van der Waals surface area contributed by atoms with Crippen molar-refractivity contribution in [1.82, 2.24) is 9.62 Å². The molecule has 1 saturated heterocycles. The van der Waals surface area contributed by atoms with Gasteiger partial charge in [0.25, 0.3) is 5.91 Å². The molecular formula is C20H19F3N2O4S. The number of alkyl halides is 3. The quantitative estimate of drug-likeness (QED) is 0.727. The van der Waals surface area contributed by atoms with Crippen LogP contribution in [0.5, 0.6) is 5.75 Å². The third-order valence-corrected chi connectivity index (χ3v) is 7.20. The van der Waals surface area contributed by atoms with Gasteiger partial charge in [-0.05, 0) is 37.1 Å². The number of halogens is 3. The number of nitrogens with one attached hydrogen (secondary N) is 1. The van der Waals surface area contributed by atoms with E-state index in [0.717, 1.165) is 22.5 Å². The highest BCUT2D eigenvalue weighted by Crippen LogP contribution is 2.35. The van der Waals surface area contributed by atoms with E-state index in [-0.39, 0.29) is 25.6 Å². The van der Waals surface area contributed by atoms with E-state index in [4.69, 9.17) is 4.74 Å². The fourth-order valence-electron chi connectivity index (χ4n) is 3.84. The number of piperidine rings is 1. The number of sulfonamides is 1. The Labute approximate surface area is 172 Å². The molecule has 0 bridgehead atoms. The standard InChI is InChI=1S/C20H19F3N2O4S/c21-20(22,23)14-5-3-6-15(11-14)30(27,28)25-10-4-9-19(12-25)13-29-17-8-2-1-7-16(17)18(26)24-19/h1-3,5-8,11H,4,9-10,12-13H2,(H-,24,26,27,28). The van der Waals surface area contributed by atoms with Gasteiger partial charge in [-0.25, -0.2) is 0 Å². The second-order valence-corrected chi connectivity index (χ2v) is 9.42.